The van der Waals surface area contributed by atoms with E-state index in [0.717, 1.165) is 10.0 Å². The number of benzene rings is 1. The van der Waals surface area contributed by atoms with Crippen molar-refractivity contribution in [2.75, 3.05) is 14.2 Å². The van der Waals surface area contributed by atoms with Crippen molar-refractivity contribution >= 4 is 15.9 Å². The van der Waals surface area contributed by atoms with Crippen LogP contribution in [-0.2, 0) is 6.54 Å². The summed E-state index contributed by atoms with van der Waals surface area (Å²) in [5, 5.41) is 3.49. The normalized spacial score (nSPS) is 9.27. The average Bonchev–Trinajstić information content (AvgIpc) is 2.25. The lowest BCUT2D eigenvalue weighted by Gasteiger charge is -2.11. The van der Waals surface area contributed by atoms with Crippen molar-refractivity contribution in [3.8, 4) is 11.5 Å². The second-order valence-corrected chi connectivity index (χ2v) is 3.61. The summed E-state index contributed by atoms with van der Waals surface area (Å²) in [6.45, 7) is 0.232. The van der Waals surface area contributed by atoms with Gasteiger partial charge in [0.25, 0.3) is 0 Å². The third-order valence-corrected chi connectivity index (χ3v) is 2.28. The number of azide groups is 1. The van der Waals surface area contributed by atoms with Crippen LogP contribution in [0.3, 0.4) is 0 Å². The standard InChI is InChI=1S/C9H10BrN3O2/c1-14-8-4-7(10)3-6(5-12-13-11)9(8)15-2/h3-4H,5H2,1-2H3. The fraction of sp³-hybridized carbons (Fsp3) is 0.333. The Labute approximate surface area is 95.8 Å². The van der Waals surface area contributed by atoms with Gasteiger partial charge in [0.05, 0.1) is 20.8 Å². The molecule has 6 heteroatoms. The minimum Gasteiger partial charge on any atom is -0.493 e. The first-order chi connectivity index (χ1) is 7.22. The van der Waals surface area contributed by atoms with Crippen LogP contribution in [0.15, 0.2) is 21.7 Å². The maximum Gasteiger partial charge on any atom is 0.164 e. The first-order valence-electron chi connectivity index (χ1n) is 4.14. The van der Waals surface area contributed by atoms with Crippen molar-refractivity contribution in [3.63, 3.8) is 0 Å². The van der Waals surface area contributed by atoms with Crippen LogP contribution in [0, 0.1) is 0 Å². The Morgan fingerprint density at radius 3 is 2.67 bits per heavy atom. The number of ether oxygens (including phenoxy) is 2. The summed E-state index contributed by atoms with van der Waals surface area (Å²) in [7, 11) is 3.10. The number of halogens is 1. The Hall–Kier alpha value is -1.39. The molecule has 0 aliphatic carbocycles. The molecule has 1 rings (SSSR count). The zero-order valence-corrected chi connectivity index (χ0v) is 9.98. The third-order valence-electron chi connectivity index (χ3n) is 1.82. The summed E-state index contributed by atoms with van der Waals surface area (Å²) in [4.78, 5) is 2.70. The molecular weight excluding hydrogens is 262 g/mol. The van der Waals surface area contributed by atoms with Crippen molar-refractivity contribution in [3.05, 3.63) is 32.6 Å². The van der Waals surface area contributed by atoms with Gasteiger partial charge in [0.15, 0.2) is 11.5 Å². The fourth-order valence-corrected chi connectivity index (χ4v) is 1.72. The molecule has 0 fully saturated rings. The Morgan fingerprint density at radius 1 is 1.40 bits per heavy atom. The zero-order valence-electron chi connectivity index (χ0n) is 8.40. The molecule has 0 saturated heterocycles. The Balaban J connectivity index is 3.21. The van der Waals surface area contributed by atoms with Gasteiger partial charge < -0.3 is 9.47 Å². The largest absolute Gasteiger partial charge is 0.493 e. The molecule has 0 aliphatic rings. The molecule has 0 aromatic heterocycles. The maximum atomic E-state index is 8.26. The average molecular weight is 272 g/mol. The van der Waals surface area contributed by atoms with Crippen LogP contribution >= 0.6 is 15.9 Å². The summed E-state index contributed by atoms with van der Waals surface area (Å²) >= 11 is 3.34. The van der Waals surface area contributed by atoms with E-state index in [1.807, 2.05) is 6.07 Å². The van der Waals surface area contributed by atoms with Gasteiger partial charge in [0.1, 0.15) is 0 Å². The van der Waals surface area contributed by atoms with Crippen LogP contribution in [-0.4, -0.2) is 14.2 Å². The first-order valence-corrected chi connectivity index (χ1v) is 4.93. The molecule has 0 N–H and O–H groups in total. The van der Waals surface area contributed by atoms with E-state index in [1.54, 1.807) is 20.3 Å². The van der Waals surface area contributed by atoms with Crippen LogP contribution in [0.5, 0.6) is 11.5 Å². The van der Waals surface area contributed by atoms with Crippen LogP contribution in [0.25, 0.3) is 10.4 Å². The van der Waals surface area contributed by atoms with E-state index in [0.29, 0.717) is 11.5 Å². The van der Waals surface area contributed by atoms with Gasteiger partial charge in [-0.15, -0.1) is 0 Å². The van der Waals surface area contributed by atoms with Gasteiger partial charge in [-0.25, -0.2) is 0 Å². The highest BCUT2D eigenvalue weighted by atomic mass is 79.9. The molecule has 0 saturated carbocycles. The van der Waals surface area contributed by atoms with Gasteiger partial charge >= 0.3 is 0 Å². The maximum absolute atomic E-state index is 8.26. The molecule has 1 aromatic rings. The minimum absolute atomic E-state index is 0.232. The number of methoxy groups -OCH3 is 2. The highest BCUT2D eigenvalue weighted by molar-refractivity contribution is 9.10. The smallest absolute Gasteiger partial charge is 0.164 e. The van der Waals surface area contributed by atoms with E-state index in [2.05, 4.69) is 26.0 Å². The van der Waals surface area contributed by atoms with Gasteiger partial charge in [-0.2, -0.15) is 0 Å². The van der Waals surface area contributed by atoms with Crippen LogP contribution in [0.4, 0.5) is 0 Å². The SMILES string of the molecule is COc1cc(Br)cc(CN=[N+]=[N-])c1OC. The predicted octanol–water partition coefficient (Wildman–Crippen LogP) is 3.28. The van der Waals surface area contributed by atoms with Gasteiger partial charge in [0, 0.05) is 14.9 Å². The molecular formula is C9H10BrN3O2. The van der Waals surface area contributed by atoms with E-state index >= 15 is 0 Å². The Morgan fingerprint density at radius 2 is 2.13 bits per heavy atom. The van der Waals surface area contributed by atoms with Gasteiger partial charge in [-0.1, -0.05) is 21.0 Å². The lowest BCUT2D eigenvalue weighted by molar-refractivity contribution is 0.351. The summed E-state index contributed by atoms with van der Waals surface area (Å²) in [5.41, 5.74) is 9.04. The van der Waals surface area contributed by atoms with Gasteiger partial charge in [-0.3, -0.25) is 0 Å². The van der Waals surface area contributed by atoms with Gasteiger partial charge in [-0.05, 0) is 17.7 Å². The molecule has 15 heavy (non-hydrogen) atoms. The molecule has 0 atom stereocenters. The molecule has 0 amide bonds. The number of rotatable bonds is 4. The third kappa shape index (κ3) is 2.78. The quantitative estimate of drug-likeness (QED) is 0.479. The number of nitrogens with zero attached hydrogens (tertiary/aromatic N) is 3. The van der Waals surface area contributed by atoms with Crippen molar-refractivity contribution in [2.24, 2.45) is 5.11 Å². The zero-order chi connectivity index (χ0) is 11.3. The summed E-state index contributed by atoms with van der Waals surface area (Å²) in [6, 6.07) is 3.62. The van der Waals surface area contributed by atoms with Crippen LogP contribution in [0.1, 0.15) is 5.56 Å². The topological polar surface area (TPSA) is 67.2 Å². The molecule has 0 unspecified atom stereocenters. The minimum atomic E-state index is 0.232. The highest BCUT2D eigenvalue weighted by Crippen LogP contribution is 2.34. The molecule has 0 bridgehead atoms. The molecule has 0 spiro atoms. The Bertz CT molecular complexity index is 403. The summed E-state index contributed by atoms with van der Waals surface area (Å²) in [6.07, 6.45) is 0. The Kier molecular flexibility index (Phi) is 4.27. The molecule has 80 valence electrons. The van der Waals surface area contributed by atoms with E-state index in [1.165, 1.54) is 0 Å². The van der Waals surface area contributed by atoms with Crippen molar-refractivity contribution < 1.29 is 9.47 Å². The highest BCUT2D eigenvalue weighted by Gasteiger charge is 2.10. The summed E-state index contributed by atoms with van der Waals surface area (Å²) in [5.74, 6) is 1.20. The van der Waals surface area contributed by atoms with E-state index in [4.69, 9.17) is 15.0 Å². The monoisotopic (exact) mass is 271 g/mol. The number of hydrogen-bond acceptors (Lipinski definition) is 3. The van der Waals surface area contributed by atoms with Crippen LogP contribution in [0.2, 0.25) is 0 Å². The first kappa shape index (κ1) is 11.7. The predicted molar refractivity (Wildman–Crippen MR) is 60.1 cm³/mol. The van der Waals surface area contributed by atoms with Crippen molar-refractivity contribution in [1.29, 1.82) is 0 Å². The molecule has 1 aromatic carbocycles. The molecule has 0 aliphatic heterocycles. The van der Waals surface area contributed by atoms with E-state index in [-0.39, 0.29) is 6.54 Å². The fourth-order valence-electron chi connectivity index (χ4n) is 1.23. The van der Waals surface area contributed by atoms with E-state index in [9.17, 15) is 0 Å². The van der Waals surface area contributed by atoms with Gasteiger partial charge in [0.2, 0.25) is 0 Å². The van der Waals surface area contributed by atoms with Crippen molar-refractivity contribution in [2.45, 2.75) is 6.54 Å². The second kappa shape index (κ2) is 5.48. The molecule has 5 nitrogen and oxygen atoms in total. The lowest BCUT2D eigenvalue weighted by atomic mass is 10.2. The van der Waals surface area contributed by atoms with Crippen molar-refractivity contribution in [1.82, 2.24) is 0 Å². The van der Waals surface area contributed by atoms with Crippen LogP contribution < -0.4 is 9.47 Å². The molecule has 0 radical (unpaired) electrons. The van der Waals surface area contributed by atoms with E-state index < -0.39 is 0 Å². The lowest BCUT2D eigenvalue weighted by Crippen LogP contribution is -1.95. The molecule has 0 heterocycles. The second-order valence-electron chi connectivity index (χ2n) is 2.69. The summed E-state index contributed by atoms with van der Waals surface area (Å²) < 4.78 is 11.2. The number of hydrogen-bond donors (Lipinski definition) is 0.